The van der Waals surface area contributed by atoms with Crippen LogP contribution in [-0.4, -0.2) is 82.6 Å². The van der Waals surface area contributed by atoms with Crippen molar-refractivity contribution in [2.45, 2.75) is 76.7 Å². The summed E-state index contributed by atoms with van der Waals surface area (Å²) in [5, 5.41) is 7.98. The molecule has 0 aliphatic carbocycles. The molecule has 5 aromatic rings. The fourth-order valence-electron chi connectivity index (χ4n) is 11.1. The average Bonchev–Trinajstić information content (AvgIpc) is 3.29. The highest BCUT2D eigenvalue weighted by Gasteiger charge is 2.47. The Kier molecular flexibility index (Phi) is 10.2. The van der Waals surface area contributed by atoms with Crippen molar-refractivity contribution >= 4 is 34.2 Å². The molecule has 0 saturated carbocycles. The largest absolute Gasteiger partial charge is 0.497 e. The van der Waals surface area contributed by atoms with Gasteiger partial charge in [-0.3, -0.25) is 19.8 Å². The number of aromatic nitrogens is 2. The van der Waals surface area contributed by atoms with Gasteiger partial charge in [-0.1, -0.05) is 51.0 Å². The Bertz CT molecular complexity index is 2240. The molecule has 10 nitrogen and oxygen atoms in total. The first-order valence-electron chi connectivity index (χ1n) is 21.6. The molecule has 0 N–H and O–H groups in total. The Balaban J connectivity index is 1.09. The maximum Gasteiger partial charge on any atom is 0.129 e. The molecule has 10 atom stereocenters. The van der Waals surface area contributed by atoms with Crippen LogP contribution in [0.2, 0.25) is 0 Å². The van der Waals surface area contributed by atoms with Crippen molar-refractivity contribution in [1.29, 1.82) is 0 Å². The number of hydrazine groups is 1. The fourth-order valence-corrected chi connectivity index (χ4v) is 11.1. The van der Waals surface area contributed by atoms with Gasteiger partial charge >= 0.3 is 0 Å². The van der Waals surface area contributed by atoms with Gasteiger partial charge in [0.1, 0.15) is 23.7 Å². The predicted octanol–water partition coefficient (Wildman–Crippen LogP) is 7.40. The zero-order chi connectivity index (χ0) is 39.3. The number of pyridine rings is 2. The van der Waals surface area contributed by atoms with Crippen LogP contribution in [0.15, 0.2) is 85.2 Å². The van der Waals surface area contributed by atoms with Crippen molar-refractivity contribution in [1.82, 2.24) is 30.1 Å². The molecule has 7 aliphatic rings. The van der Waals surface area contributed by atoms with E-state index in [1.165, 1.54) is 25.7 Å². The van der Waals surface area contributed by atoms with Gasteiger partial charge in [-0.25, -0.2) is 9.68 Å². The standard InChI is InChI=1S/C48H56N6O4/c1-5-31-27-51-21-17-33(31)23-45(51)47(39-15-19-49-43-13-11-37(55-3)25-41(39)43)57-53-29-35-9-7-8-10-36(35)30-54(53)58-48(46-24-34-18-22-52(46)28-32(34)6-2)40-16-20-50-44-14-12-38(56-4)26-42(40)44/h7-16,19-20,25-26,29-34,45-48H,5-6,17-18,21-24,27-28H2,1-4H3. The van der Waals surface area contributed by atoms with E-state index >= 15 is 0 Å². The molecule has 9 heterocycles. The Morgan fingerprint density at radius 1 is 0.621 bits per heavy atom. The van der Waals surface area contributed by atoms with E-state index in [1.807, 2.05) is 34.9 Å². The lowest BCUT2D eigenvalue weighted by atomic mass is 9.72. The van der Waals surface area contributed by atoms with Crippen LogP contribution in [-0.2, 0) is 9.68 Å². The van der Waals surface area contributed by atoms with Crippen LogP contribution < -0.4 is 19.9 Å². The molecule has 10 heteroatoms. The van der Waals surface area contributed by atoms with Crippen molar-refractivity contribution in [3.05, 3.63) is 107 Å². The van der Waals surface area contributed by atoms with Gasteiger partial charge in [0.25, 0.3) is 0 Å². The summed E-state index contributed by atoms with van der Waals surface area (Å²) < 4.78 is 11.5. The zero-order valence-electron chi connectivity index (χ0n) is 34.2. The van der Waals surface area contributed by atoms with Crippen molar-refractivity contribution in [3.63, 3.8) is 0 Å². The van der Waals surface area contributed by atoms with Crippen molar-refractivity contribution in [2.75, 3.05) is 40.4 Å². The summed E-state index contributed by atoms with van der Waals surface area (Å²) in [6.07, 6.45) is 14.5. The van der Waals surface area contributed by atoms with Crippen molar-refractivity contribution in [3.8, 4) is 11.5 Å². The second-order valence-electron chi connectivity index (χ2n) is 17.1. The second kappa shape index (κ2) is 15.8. The van der Waals surface area contributed by atoms with E-state index in [1.54, 1.807) is 14.2 Å². The summed E-state index contributed by atoms with van der Waals surface area (Å²) in [7, 11) is 3.45. The molecule has 6 saturated heterocycles. The van der Waals surface area contributed by atoms with Gasteiger partial charge < -0.3 is 9.47 Å². The number of piperidine rings is 6. The summed E-state index contributed by atoms with van der Waals surface area (Å²) in [4.78, 5) is 30.0. The fraction of sp³-hybridized carbons (Fsp3) is 0.458. The molecule has 0 radical (unpaired) electrons. The third kappa shape index (κ3) is 6.77. The van der Waals surface area contributed by atoms with Crippen LogP contribution in [0.4, 0.5) is 0 Å². The van der Waals surface area contributed by atoms with Gasteiger partial charge in [0.05, 0.1) is 37.7 Å². The molecule has 0 amide bonds. The molecule has 2 aromatic heterocycles. The van der Waals surface area contributed by atoms with Crippen LogP contribution in [0.1, 0.15) is 75.7 Å². The maximum atomic E-state index is 7.53. The van der Waals surface area contributed by atoms with Gasteiger partial charge in [0, 0.05) is 58.8 Å². The number of hydroxylamine groups is 2. The second-order valence-corrected chi connectivity index (χ2v) is 17.1. The minimum absolute atomic E-state index is 0.171. The van der Waals surface area contributed by atoms with Crippen LogP contribution >= 0.6 is 0 Å². The van der Waals surface area contributed by atoms with Gasteiger partial charge in [-0.15, -0.1) is 10.3 Å². The lowest BCUT2D eigenvalue weighted by Crippen LogP contribution is -2.57. The average molecular weight is 781 g/mol. The SMILES string of the molecule is CCC1CN2CCC1CC2C(ON1C=c2ccccc2=CN1OC(c1ccnc2ccc(OC)cc12)C1CC2CCN1CC2CC)c1ccnc2ccc(OC)cc12. The number of nitrogens with zero attached hydrogens (tertiary/aromatic N) is 6. The third-order valence-corrected chi connectivity index (χ3v) is 14.3. The van der Waals surface area contributed by atoms with Gasteiger partial charge in [0.2, 0.25) is 0 Å². The summed E-state index contributed by atoms with van der Waals surface area (Å²) in [6.45, 7) is 9.03. The van der Waals surface area contributed by atoms with E-state index in [0.717, 1.165) is 93.9 Å². The topological polar surface area (TPSA) is 75.7 Å². The van der Waals surface area contributed by atoms with Gasteiger partial charge in [0.15, 0.2) is 0 Å². The minimum Gasteiger partial charge on any atom is -0.497 e. The molecular formula is C48H56N6O4. The predicted molar refractivity (Wildman–Crippen MR) is 226 cm³/mol. The first-order chi connectivity index (χ1) is 28.5. The Hall–Kier alpha value is -4.74. The quantitative estimate of drug-likeness (QED) is 0.128. The Labute approximate surface area is 341 Å². The maximum absolute atomic E-state index is 7.53. The number of ether oxygens (including phenoxy) is 2. The molecular weight excluding hydrogens is 725 g/mol. The number of benzene rings is 3. The van der Waals surface area contributed by atoms with Gasteiger partial charge in [-0.2, -0.15) is 0 Å². The van der Waals surface area contributed by atoms with E-state index in [9.17, 15) is 0 Å². The summed E-state index contributed by atoms with van der Waals surface area (Å²) in [6, 6.07) is 25.4. The molecule has 58 heavy (non-hydrogen) atoms. The number of fused-ring (bicyclic) bond motifs is 9. The molecule has 302 valence electrons. The van der Waals surface area contributed by atoms with Crippen LogP contribution in [0.5, 0.6) is 11.5 Å². The van der Waals surface area contributed by atoms with E-state index in [0.29, 0.717) is 23.7 Å². The lowest BCUT2D eigenvalue weighted by Gasteiger charge is -2.53. The molecule has 0 spiro atoms. The van der Waals surface area contributed by atoms with Crippen molar-refractivity contribution in [2.24, 2.45) is 23.7 Å². The zero-order valence-corrected chi connectivity index (χ0v) is 34.2. The minimum atomic E-state index is -0.316. The Morgan fingerprint density at radius 2 is 1.09 bits per heavy atom. The first kappa shape index (κ1) is 37.5. The first-order valence-corrected chi connectivity index (χ1v) is 21.6. The van der Waals surface area contributed by atoms with E-state index < -0.39 is 0 Å². The van der Waals surface area contributed by atoms with E-state index in [2.05, 4.69) is 96.7 Å². The smallest absolute Gasteiger partial charge is 0.129 e. The molecule has 12 rings (SSSR count). The van der Waals surface area contributed by atoms with Crippen molar-refractivity contribution < 1.29 is 19.1 Å². The molecule has 3 aromatic carbocycles. The number of rotatable bonds is 12. The number of methoxy groups -OCH3 is 2. The molecule has 10 unspecified atom stereocenters. The number of hydrogen-bond acceptors (Lipinski definition) is 10. The van der Waals surface area contributed by atoms with E-state index in [-0.39, 0.29) is 24.3 Å². The van der Waals surface area contributed by atoms with Crippen LogP contribution in [0.25, 0.3) is 34.2 Å². The van der Waals surface area contributed by atoms with E-state index in [4.69, 9.17) is 29.1 Å². The number of hydrogen-bond donors (Lipinski definition) is 0. The summed E-state index contributed by atoms with van der Waals surface area (Å²) in [5.74, 6) is 4.37. The highest BCUT2D eigenvalue weighted by atomic mass is 16.8. The molecule has 4 bridgehead atoms. The summed E-state index contributed by atoms with van der Waals surface area (Å²) in [5.41, 5.74) is 4.06. The highest BCUT2D eigenvalue weighted by Crippen LogP contribution is 2.47. The van der Waals surface area contributed by atoms with Crippen LogP contribution in [0, 0.1) is 23.7 Å². The molecule has 7 aliphatic heterocycles. The molecule has 6 fully saturated rings. The normalized spacial score (nSPS) is 28.5. The highest BCUT2D eigenvalue weighted by molar-refractivity contribution is 5.85. The lowest BCUT2D eigenvalue weighted by molar-refractivity contribution is -0.380. The summed E-state index contributed by atoms with van der Waals surface area (Å²) >= 11 is 0. The Morgan fingerprint density at radius 3 is 1.48 bits per heavy atom. The third-order valence-electron chi connectivity index (χ3n) is 14.3. The van der Waals surface area contributed by atoms with Crippen LogP contribution in [0.3, 0.4) is 0 Å². The van der Waals surface area contributed by atoms with Gasteiger partial charge in [-0.05, 0) is 122 Å². The monoisotopic (exact) mass is 780 g/mol.